The Kier molecular flexibility index (Phi) is 4.86. The number of aromatic amines is 1. The second-order valence-corrected chi connectivity index (χ2v) is 7.62. The van der Waals surface area contributed by atoms with E-state index < -0.39 is 0 Å². The van der Waals surface area contributed by atoms with Crippen LogP contribution in [0.4, 0.5) is 0 Å². The highest BCUT2D eigenvalue weighted by molar-refractivity contribution is 5.95. The lowest BCUT2D eigenvalue weighted by Crippen LogP contribution is -2.15. The third kappa shape index (κ3) is 3.16. The topological polar surface area (TPSA) is 15.8 Å². The number of nitrogens with one attached hydrogen (secondary N) is 1. The van der Waals surface area contributed by atoms with E-state index in [1.807, 2.05) is 0 Å². The van der Waals surface area contributed by atoms with Crippen LogP contribution in [0.1, 0.15) is 75.0 Å². The van der Waals surface area contributed by atoms with Crippen molar-refractivity contribution in [2.45, 2.75) is 65.2 Å². The molecule has 0 amide bonds. The highest BCUT2D eigenvalue weighted by atomic mass is 14.7. The number of terminal acetylenes is 1. The van der Waals surface area contributed by atoms with Crippen molar-refractivity contribution >= 4 is 16.5 Å². The Morgan fingerprint density at radius 2 is 2.04 bits per heavy atom. The van der Waals surface area contributed by atoms with Gasteiger partial charge >= 0.3 is 0 Å². The number of rotatable bonds is 6. The van der Waals surface area contributed by atoms with E-state index in [1.165, 1.54) is 67.0 Å². The number of benzene rings is 1. The standard InChI is InChI=1S/C23H29N/c1-5-10-23(11-7-8-12-23)13-9-17(3)20-16-24-21-15-19(6-2)14-18(4)22(20)21/h2,14-16,24H,3,5,7-13H2,1,4H3. The Labute approximate surface area is 146 Å². The number of H-pyrrole nitrogens is 1. The van der Waals surface area contributed by atoms with Crippen molar-refractivity contribution in [1.29, 1.82) is 0 Å². The molecule has 0 spiro atoms. The summed E-state index contributed by atoms with van der Waals surface area (Å²) in [7, 11) is 0. The van der Waals surface area contributed by atoms with E-state index in [-0.39, 0.29) is 0 Å². The van der Waals surface area contributed by atoms with Crippen LogP contribution in [-0.2, 0) is 0 Å². The minimum Gasteiger partial charge on any atom is -0.361 e. The third-order valence-electron chi connectivity index (χ3n) is 5.93. The highest BCUT2D eigenvalue weighted by Gasteiger charge is 2.32. The number of allylic oxidation sites excluding steroid dienone is 1. The van der Waals surface area contributed by atoms with Gasteiger partial charge in [0.15, 0.2) is 0 Å². The van der Waals surface area contributed by atoms with Crippen LogP contribution >= 0.6 is 0 Å². The van der Waals surface area contributed by atoms with Crippen LogP contribution in [0.25, 0.3) is 16.5 Å². The first kappa shape index (κ1) is 16.9. The summed E-state index contributed by atoms with van der Waals surface area (Å²) in [5.74, 6) is 2.74. The molecule has 1 aromatic heterocycles. The van der Waals surface area contributed by atoms with E-state index in [0.29, 0.717) is 5.41 Å². The van der Waals surface area contributed by atoms with Gasteiger partial charge in [-0.25, -0.2) is 0 Å². The molecule has 1 heterocycles. The maximum absolute atomic E-state index is 5.56. The van der Waals surface area contributed by atoms with Gasteiger partial charge in [0.1, 0.15) is 0 Å². The average Bonchev–Trinajstić information content (AvgIpc) is 3.20. The molecule has 0 atom stereocenters. The first-order valence-corrected chi connectivity index (χ1v) is 9.35. The Hall–Kier alpha value is -1.94. The van der Waals surface area contributed by atoms with Gasteiger partial charge in [0.2, 0.25) is 0 Å². The van der Waals surface area contributed by atoms with E-state index in [9.17, 15) is 0 Å². The summed E-state index contributed by atoms with van der Waals surface area (Å²) in [4.78, 5) is 3.39. The van der Waals surface area contributed by atoms with Gasteiger partial charge in [-0.1, -0.05) is 38.7 Å². The molecule has 1 heteroatoms. The van der Waals surface area contributed by atoms with Crippen molar-refractivity contribution in [2.75, 3.05) is 0 Å². The lowest BCUT2D eigenvalue weighted by atomic mass is 9.76. The zero-order chi connectivity index (χ0) is 17.2. The fraction of sp³-hybridized carbons (Fsp3) is 0.478. The van der Waals surface area contributed by atoms with E-state index >= 15 is 0 Å². The maximum Gasteiger partial charge on any atom is 0.0475 e. The van der Waals surface area contributed by atoms with Crippen molar-refractivity contribution in [2.24, 2.45) is 5.41 Å². The summed E-state index contributed by atoms with van der Waals surface area (Å²) in [5.41, 5.74) is 6.42. The molecular weight excluding hydrogens is 290 g/mol. The van der Waals surface area contributed by atoms with E-state index in [0.717, 1.165) is 17.5 Å². The Morgan fingerprint density at radius 3 is 2.71 bits per heavy atom. The van der Waals surface area contributed by atoms with Crippen molar-refractivity contribution < 1.29 is 0 Å². The molecular formula is C23H29N. The number of aromatic nitrogens is 1. The second-order valence-electron chi connectivity index (χ2n) is 7.62. The molecule has 2 aromatic rings. The minimum absolute atomic E-state index is 0.579. The first-order chi connectivity index (χ1) is 11.6. The molecule has 126 valence electrons. The maximum atomic E-state index is 5.56. The Morgan fingerprint density at radius 1 is 1.29 bits per heavy atom. The van der Waals surface area contributed by atoms with Crippen molar-refractivity contribution in [1.82, 2.24) is 4.98 Å². The largest absolute Gasteiger partial charge is 0.361 e. The molecule has 0 aliphatic heterocycles. The molecule has 0 unspecified atom stereocenters. The first-order valence-electron chi connectivity index (χ1n) is 9.35. The summed E-state index contributed by atoms with van der Waals surface area (Å²) in [6.45, 7) is 8.89. The quantitative estimate of drug-likeness (QED) is 0.576. The summed E-state index contributed by atoms with van der Waals surface area (Å²) >= 11 is 0. The molecule has 3 rings (SSSR count). The van der Waals surface area contributed by atoms with Gasteiger partial charge in [0.05, 0.1) is 0 Å². The summed E-state index contributed by atoms with van der Waals surface area (Å²) in [6.07, 6.45) is 18.4. The smallest absolute Gasteiger partial charge is 0.0475 e. The lowest BCUT2D eigenvalue weighted by molar-refractivity contribution is 0.249. The number of hydrogen-bond acceptors (Lipinski definition) is 0. The molecule has 0 radical (unpaired) electrons. The fourth-order valence-electron chi connectivity index (χ4n) is 4.67. The molecule has 1 aliphatic rings. The van der Waals surface area contributed by atoms with Gasteiger partial charge in [-0.3, -0.25) is 0 Å². The van der Waals surface area contributed by atoms with Crippen LogP contribution in [0.5, 0.6) is 0 Å². The van der Waals surface area contributed by atoms with Crippen molar-refractivity contribution in [3.05, 3.63) is 41.6 Å². The van der Waals surface area contributed by atoms with Crippen LogP contribution in [0, 0.1) is 24.7 Å². The highest BCUT2D eigenvalue weighted by Crippen LogP contribution is 2.47. The van der Waals surface area contributed by atoms with Crippen LogP contribution in [-0.4, -0.2) is 4.98 Å². The van der Waals surface area contributed by atoms with Gasteiger partial charge in [0, 0.05) is 28.2 Å². The summed E-state index contributed by atoms with van der Waals surface area (Å²) in [5, 5.41) is 1.29. The second kappa shape index (κ2) is 6.89. The van der Waals surface area contributed by atoms with Gasteiger partial charge < -0.3 is 4.98 Å². The molecule has 24 heavy (non-hydrogen) atoms. The van der Waals surface area contributed by atoms with Crippen LogP contribution in [0.15, 0.2) is 24.9 Å². The Bertz CT molecular complexity index is 778. The molecule has 1 saturated carbocycles. The average molecular weight is 319 g/mol. The summed E-state index contributed by atoms with van der Waals surface area (Å²) < 4.78 is 0. The van der Waals surface area contributed by atoms with E-state index in [2.05, 4.69) is 49.7 Å². The molecule has 0 saturated heterocycles. The van der Waals surface area contributed by atoms with Crippen molar-refractivity contribution in [3.63, 3.8) is 0 Å². The normalized spacial score (nSPS) is 16.4. The van der Waals surface area contributed by atoms with Gasteiger partial charge in [0.25, 0.3) is 0 Å². The zero-order valence-corrected chi connectivity index (χ0v) is 15.2. The fourth-order valence-corrected chi connectivity index (χ4v) is 4.67. The van der Waals surface area contributed by atoms with Gasteiger partial charge in [-0.2, -0.15) is 0 Å². The van der Waals surface area contributed by atoms with E-state index in [1.54, 1.807) is 0 Å². The number of aryl methyl sites for hydroxylation is 1. The third-order valence-corrected chi connectivity index (χ3v) is 5.93. The zero-order valence-electron chi connectivity index (χ0n) is 15.2. The molecule has 1 aliphatic carbocycles. The molecule has 1 N–H and O–H groups in total. The summed E-state index contributed by atoms with van der Waals surface area (Å²) in [6, 6.07) is 4.16. The van der Waals surface area contributed by atoms with Gasteiger partial charge in [-0.05, 0) is 67.7 Å². The molecule has 1 nitrogen and oxygen atoms in total. The van der Waals surface area contributed by atoms with Crippen LogP contribution < -0.4 is 0 Å². The molecule has 0 bridgehead atoms. The number of hydrogen-bond donors (Lipinski definition) is 1. The van der Waals surface area contributed by atoms with Crippen LogP contribution in [0.2, 0.25) is 0 Å². The number of fused-ring (bicyclic) bond motifs is 1. The monoisotopic (exact) mass is 319 g/mol. The SMILES string of the molecule is C#Cc1cc(C)c2c(C(=C)CCC3(CCC)CCCC3)c[nH]c2c1. The van der Waals surface area contributed by atoms with Gasteiger partial charge in [-0.15, -0.1) is 6.42 Å². The minimum atomic E-state index is 0.579. The van der Waals surface area contributed by atoms with E-state index in [4.69, 9.17) is 6.42 Å². The molecule has 1 aromatic carbocycles. The lowest BCUT2D eigenvalue weighted by Gasteiger charge is -2.29. The van der Waals surface area contributed by atoms with Crippen LogP contribution in [0.3, 0.4) is 0 Å². The predicted molar refractivity (Wildman–Crippen MR) is 105 cm³/mol. The molecule has 1 fully saturated rings. The Balaban J connectivity index is 1.81. The predicted octanol–water partition coefficient (Wildman–Crippen LogP) is 6.61. The van der Waals surface area contributed by atoms with Crippen molar-refractivity contribution in [3.8, 4) is 12.3 Å².